The maximum atomic E-state index is 13.8. The number of hydrogen-bond acceptors (Lipinski definition) is 6. The number of likely N-dealkylation sites (tertiary alicyclic amines) is 1. The summed E-state index contributed by atoms with van der Waals surface area (Å²) in [6.45, 7) is 5.24. The molecule has 2 aromatic carbocycles. The van der Waals surface area contributed by atoms with E-state index in [2.05, 4.69) is 27.4 Å². The van der Waals surface area contributed by atoms with E-state index in [1.807, 2.05) is 30.0 Å². The lowest BCUT2D eigenvalue weighted by Gasteiger charge is -2.40. The molecule has 33 heavy (non-hydrogen) atoms. The number of amides is 1. The van der Waals surface area contributed by atoms with Crippen LogP contribution in [0.2, 0.25) is 0 Å². The van der Waals surface area contributed by atoms with Crippen molar-refractivity contribution in [1.29, 1.82) is 0 Å². The van der Waals surface area contributed by atoms with E-state index in [4.69, 9.17) is 4.42 Å². The number of fused-ring (bicyclic) bond motifs is 1. The lowest BCUT2D eigenvalue weighted by molar-refractivity contribution is 0.0539. The number of carbonyl (C=O) groups is 1. The Hall–Kier alpha value is -3.75. The first-order chi connectivity index (χ1) is 16.0. The largest absolute Gasteiger partial charge is 0.424 e. The van der Waals surface area contributed by atoms with Crippen LogP contribution < -0.4 is 5.32 Å². The fourth-order valence-corrected chi connectivity index (χ4v) is 4.56. The predicted octanol–water partition coefficient (Wildman–Crippen LogP) is 4.21. The van der Waals surface area contributed by atoms with Crippen molar-refractivity contribution in [2.24, 2.45) is 5.92 Å². The summed E-state index contributed by atoms with van der Waals surface area (Å²) in [5, 5.41) is 11.7. The average molecular weight is 449 g/mol. The van der Waals surface area contributed by atoms with Gasteiger partial charge in [0.15, 0.2) is 5.58 Å². The molecule has 0 radical (unpaired) electrons. The standard InChI is InChI=1S/C24H25FN6O2/c1-15-6-4-12-30(20(15)14-26-24-29-19-13-17(25)8-9-21(19)33-24)23(32)18-7-3-5-16(2)22(18)31-27-10-11-28-31/h3,5,7-11,13,15,20H,4,6,12,14H2,1-2H3,(H,26,29)/t15-,20-/m1/s1. The minimum atomic E-state index is -0.361. The molecule has 3 heterocycles. The van der Waals surface area contributed by atoms with Crippen LogP contribution in [0.5, 0.6) is 0 Å². The molecule has 1 saturated heterocycles. The van der Waals surface area contributed by atoms with Gasteiger partial charge in [0, 0.05) is 19.2 Å². The zero-order valence-corrected chi connectivity index (χ0v) is 18.5. The highest BCUT2D eigenvalue weighted by Gasteiger charge is 2.34. The van der Waals surface area contributed by atoms with E-state index in [-0.39, 0.29) is 23.7 Å². The predicted molar refractivity (Wildman–Crippen MR) is 122 cm³/mol. The van der Waals surface area contributed by atoms with Gasteiger partial charge < -0.3 is 14.6 Å². The quantitative estimate of drug-likeness (QED) is 0.492. The summed E-state index contributed by atoms with van der Waals surface area (Å²) in [7, 11) is 0. The van der Waals surface area contributed by atoms with E-state index in [0.717, 1.165) is 18.4 Å². The molecule has 0 saturated carbocycles. The SMILES string of the molecule is Cc1cccc(C(=O)N2CCC[C@@H](C)[C@H]2CNc2nc3cc(F)ccc3o2)c1-n1nccn1. The van der Waals surface area contributed by atoms with E-state index in [1.165, 1.54) is 16.9 Å². The molecular formula is C24H25FN6O2. The fourth-order valence-electron chi connectivity index (χ4n) is 4.56. The Kier molecular flexibility index (Phi) is 5.53. The van der Waals surface area contributed by atoms with E-state index in [9.17, 15) is 9.18 Å². The van der Waals surface area contributed by atoms with Crippen molar-refractivity contribution in [3.8, 4) is 5.69 Å². The monoisotopic (exact) mass is 448 g/mol. The van der Waals surface area contributed by atoms with Gasteiger partial charge in [0.05, 0.1) is 24.0 Å². The third-order valence-corrected chi connectivity index (χ3v) is 6.28. The van der Waals surface area contributed by atoms with Crippen LogP contribution in [0.4, 0.5) is 10.4 Å². The van der Waals surface area contributed by atoms with Gasteiger partial charge in [-0.15, -0.1) is 0 Å². The number of para-hydroxylation sites is 1. The molecule has 1 N–H and O–H groups in total. The van der Waals surface area contributed by atoms with E-state index < -0.39 is 0 Å². The van der Waals surface area contributed by atoms with Crippen LogP contribution in [0.3, 0.4) is 0 Å². The Morgan fingerprint density at radius 3 is 2.88 bits per heavy atom. The van der Waals surface area contributed by atoms with E-state index in [1.54, 1.807) is 18.5 Å². The number of piperidine rings is 1. The van der Waals surface area contributed by atoms with Crippen LogP contribution in [0.25, 0.3) is 16.8 Å². The lowest BCUT2D eigenvalue weighted by Crippen LogP contribution is -2.51. The third kappa shape index (κ3) is 4.06. The number of hydrogen-bond donors (Lipinski definition) is 1. The lowest BCUT2D eigenvalue weighted by atomic mass is 9.90. The van der Waals surface area contributed by atoms with Gasteiger partial charge in [0.1, 0.15) is 17.0 Å². The van der Waals surface area contributed by atoms with Crippen LogP contribution in [-0.2, 0) is 0 Å². The number of aryl methyl sites for hydroxylation is 1. The Morgan fingerprint density at radius 2 is 2.06 bits per heavy atom. The van der Waals surface area contributed by atoms with Crippen LogP contribution in [0.15, 0.2) is 53.2 Å². The highest BCUT2D eigenvalue weighted by Crippen LogP contribution is 2.28. The number of oxazole rings is 1. The normalized spacial score (nSPS) is 18.6. The number of anilines is 1. The molecule has 5 rings (SSSR count). The second-order valence-electron chi connectivity index (χ2n) is 8.49. The van der Waals surface area contributed by atoms with Crippen molar-refractivity contribution in [3.63, 3.8) is 0 Å². The highest BCUT2D eigenvalue weighted by molar-refractivity contribution is 5.98. The highest BCUT2D eigenvalue weighted by atomic mass is 19.1. The zero-order valence-electron chi connectivity index (χ0n) is 18.5. The summed E-state index contributed by atoms with van der Waals surface area (Å²) < 4.78 is 19.2. The van der Waals surface area contributed by atoms with Crippen LogP contribution >= 0.6 is 0 Å². The maximum absolute atomic E-state index is 13.8. The Morgan fingerprint density at radius 1 is 1.24 bits per heavy atom. The molecule has 1 aliphatic heterocycles. The summed E-state index contributed by atoms with van der Waals surface area (Å²) in [5.74, 6) is -0.127. The van der Waals surface area contributed by atoms with Crippen LogP contribution in [0, 0.1) is 18.7 Å². The number of nitrogens with one attached hydrogen (secondary N) is 1. The van der Waals surface area contributed by atoms with Gasteiger partial charge in [0.2, 0.25) is 0 Å². The van der Waals surface area contributed by atoms with E-state index in [0.29, 0.717) is 41.5 Å². The Balaban J connectivity index is 1.41. The molecule has 0 unspecified atom stereocenters. The zero-order chi connectivity index (χ0) is 22.9. The van der Waals surface area contributed by atoms with Crippen molar-refractivity contribution in [3.05, 3.63) is 65.7 Å². The third-order valence-electron chi connectivity index (χ3n) is 6.28. The number of nitrogens with zero attached hydrogens (tertiary/aromatic N) is 5. The molecule has 1 fully saturated rings. The number of carbonyl (C=O) groups excluding carboxylic acids is 1. The Bertz CT molecular complexity index is 1290. The van der Waals surface area contributed by atoms with E-state index >= 15 is 0 Å². The second kappa shape index (κ2) is 8.65. The number of halogens is 1. The van der Waals surface area contributed by atoms with Crippen LogP contribution in [0.1, 0.15) is 35.7 Å². The maximum Gasteiger partial charge on any atom is 0.295 e. The number of aromatic nitrogens is 4. The van der Waals surface area contributed by atoms with Gasteiger partial charge >= 0.3 is 0 Å². The topological polar surface area (TPSA) is 89.1 Å². The minimum absolute atomic E-state index is 0.0519. The number of rotatable bonds is 5. The average Bonchev–Trinajstić information content (AvgIpc) is 3.47. The van der Waals surface area contributed by atoms with Crippen molar-refractivity contribution in [2.45, 2.75) is 32.7 Å². The molecule has 2 atom stereocenters. The van der Waals surface area contributed by atoms with Gasteiger partial charge in [-0.3, -0.25) is 4.79 Å². The fraction of sp³-hybridized carbons (Fsp3) is 0.333. The summed E-state index contributed by atoms with van der Waals surface area (Å²) >= 11 is 0. The molecule has 0 bridgehead atoms. The van der Waals surface area contributed by atoms with Gasteiger partial charge in [-0.2, -0.15) is 20.0 Å². The molecule has 9 heteroatoms. The molecule has 4 aromatic rings. The van der Waals surface area contributed by atoms with Crippen molar-refractivity contribution >= 4 is 23.0 Å². The molecule has 0 aliphatic carbocycles. The van der Waals surface area contributed by atoms with Crippen LogP contribution in [-0.4, -0.2) is 49.9 Å². The van der Waals surface area contributed by atoms with Crippen molar-refractivity contribution < 1.29 is 13.6 Å². The number of benzene rings is 2. The summed E-state index contributed by atoms with van der Waals surface area (Å²) in [4.78, 5) is 21.5. The molecule has 8 nitrogen and oxygen atoms in total. The summed E-state index contributed by atoms with van der Waals surface area (Å²) in [6.07, 6.45) is 5.16. The first-order valence-corrected chi connectivity index (χ1v) is 11.1. The smallest absolute Gasteiger partial charge is 0.295 e. The minimum Gasteiger partial charge on any atom is -0.424 e. The van der Waals surface area contributed by atoms with Gasteiger partial charge in [0.25, 0.3) is 11.9 Å². The first-order valence-electron chi connectivity index (χ1n) is 11.1. The summed E-state index contributed by atoms with van der Waals surface area (Å²) in [5.41, 5.74) is 3.16. The summed E-state index contributed by atoms with van der Waals surface area (Å²) in [6, 6.07) is 10.2. The Labute approximate surface area is 190 Å². The molecule has 1 aliphatic rings. The van der Waals surface area contributed by atoms with Gasteiger partial charge in [-0.05, 0) is 49.4 Å². The van der Waals surface area contributed by atoms with Crippen molar-refractivity contribution in [1.82, 2.24) is 24.9 Å². The molecule has 2 aromatic heterocycles. The molecular weight excluding hydrogens is 423 g/mol. The van der Waals surface area contributed by atoms with Crippen molar-refractivity contribution in [2.75, 3.05) is 18.4 Å². The first kappa shape index (κ1) is 21.1. The van der Waals surface area contributed by atoms with Gasteiger partial charge in [-0.25, -0.2) is 4.39 Å². The molecule has 0 spiro atoms. The second-order valence-corrected chi connectivity index (χ2v) is 8.49. The molecule has 1 amide bonds. The van der Waals surface area contributed by atoms with Gasteiger partial charge in [-0.1, -0.05) is 19.1 Å². The molecule has 170 valence electrons.